The lowest BCUT2D eigenvalue weighted by atomic mass is 9.96. The zero-order chi connectivity index (χ0) is 24.1. The van der Waals surface area contributed by atoms with E-state index in [-0.39, 0.29) is 6.10 Å². The molecule has 0 heterocycles. The standard InChI is InChI=1S/C28H30O5S/c1-20(2)31-22-6-8-23(9-7-22)32-24-10-12-25(13-11-24)33-26-14-18-28(19-15-26)34(29,30)27-16-4-21(3)5-17-27/h6-16,18-21H,4-5,17H2,1-3H3. The van der Waals surface area contributed by atoms with Gasteiger partial charge in [0.2, 0.25) is 9.84 Å². The molecular weight excluding hydrogens is 448 g/mol. The Balaban J connectivity index is 1.37. The van der Waals surface area contributed by atoms with E-state index >= 15 is 0 Å². The predicted octanol–water partition coefficient (Wildman–Crippen LogP) is 7.54. The van der Waals surface area contributed by atoms with Crippen LogP contribution in [0.2, 0.25) is 0 Å². The quantitative estimate of drug-likeness (QED) is 0.335. The first kappa shape index (κ1) is 23.9. The summed E-state index contributed by atoms with van der Waals surface area (Å²) in [5.74, 6) is 3.93. The maximum Gasteiger partial charge on any atom is 0.202 e. The van der Waals surface area contributed by atoms with E-state index in [1.165, 1.54) is 0 Å². The second-order valence-electron chi connectivity index (χ2n) is 8.84. The molecule has 0 spiro atoms. The summed E-state index contributed by atoms with van der Waals surface area (Å²) in [4.78, 5) is 0.825. The molecule has 1 unspecified atom stereocenters. The van der Waals surface area contributed by atoms with Crippen LogP contribution in [0.3, 0.4) is 0 Å². The molecule has 0 bridgehead atoms. The zero-order valence-corrected chi connectivity index (χ0v) is 20.5. The first-order chi connectivity index (χ1) is 16.3. The lowest BCUT2D eigenvalue weighted by Crippen LogP contribution is -2.10. The number of ether oxygens (including phenoxy) is 3. The van der Waals surface area contributed by atoms with E-state index in [2.05, 4.69) is 6.92 Å². The Hall–Kier alpha value is -3.25. The lowest BCUT2D eigenvalue weighted by molar-refractivity contribution is 0.242. The fraction of sp³-hybridized carbons (Fsp3) is 0.286. The minimum absolute atomic E-state index is 0.123. The Labute approximate surface area is 201 Å². The Morgan fingerprint density at radius 2 is 1.18 bits per heavy atom. The van der Waals surface area contributed by atoms with Crippen LogP contribution in [-0.2, 0) is 9.84 Å². The normalized spacial score (nSPS) is 16.1. The van der Waals surface area contributed by atoms with Gasteiger partial charge in [-0.1, -0.05) is 13.0 Å². The van der Waals surface area contributed by atoms with Crippen molar-refractivity contribution < 1.29 is 22.6 Å². The van der Waals surface area contributed by atoms with E-state index in [9.17, 15) is 8.42 Å². The van der Waals surface area contributed by atoms with Crippen LogP contribution in [0.4, 0.5) is 0 Å². The predicted molar refractivity (Wildman–Crippen MR) is 134 cm³/mol. The Morgan fingerprint density at radius 3 is 1.59 bits per heavy atom. The average molecular weight is 479 g/mol. The molecule has 0 N–H and O–H groups in total. The summed E-state index contributed by atoms with van der Waals surface area (Å²) in [6, 6.07) is 21.3. The number of sulfone groups is 1. The van der Waals surface area contributed by atoms with Crippen LogP contribution in [0.15, 0.2) is 88.7 Å². The van der Waals surface area contributed by atoms with Crippen molar-refractivity contribution >= 4 is 9.84 Å². The van der Waals surface area contributed by atoms with Gasteiger partial charge in [0.25, 0.3) is 0 Å². The summed E-state index contributed by atoms with van der Waals surface area (Å²) in [7, 11) is -3.44. The highest BCUT2D eigenvalue weighted by atomic mass is 32.2. The molecule has 178 valence electrons. The molecule has 3 aromatic carbocycles. The van der Waals surface area contributed by atoms with Gasteiger partial charge in [-0.2, -0.15) is 0 Å². The number of hydrogen-bond acceptors (Lipinski definition) is 5. The van der Waals surface area contributed by atoms with Crippen molar-refractivity contribution in [3.8, 4) is 28.7 Å². The van der Waals surface area contributed by atoms with Crippen molar-refractivity contribution in [1.29, 1.82) is 0 Å². The third-order valence-corrected chi connectivity index (χ3v) is 7.56. The number of allylic oxidation sites excluding steroid dienone is 2. The summed E-state index contributed by atoms with van der Waals surface area (Å²) in [6.45, 7) is 6.12. The van der Waals surface area contributed by atoms with Crippen molar-refractivity contribution in [1.82, 2.24) is 0 Å². The number of hydrogen-bond donors (Lipinski definition) is 0. The van der Waals surface area contributed by atoms with Crippen LogP contribution in [-0.4, -0.2) is 14.5 Å². The van der Waals surface area contributed by atoms with Crippen LogP contribution in [0.5, 0.6) is 28.7 Å². The molecule has 5 nitrogen and oxygen atoms in total. The monoisotopic (exact) mass is 478 g/mol. The van der Waals surface area contributed by atoms with Crippen LogP contribution < -0.4 is 14.2 Å². The Bertz CT molecular complexity index is 1230. The lowest BCUT2D eigenvalue weighted by Gasteiger charge is -2.18. The molecule has 0 aliphatic heterocycles. The number of benzene rings is 3. The van der Waals surface area contributed by atoms with Crippen molar-refractivity contribution in [2.75, 3.05) is 0 Å². The second-order valence-corrected chi connectivity index (χ2v) is 10.8. The molecule has 0 aromatic heterocycles. The third-order valence-electron chi connectivity index (χ3n) is 5.60. The molecule has 0 saturated carbocycles. The second kappa shape index (κ2) is 10.3. The first-order valence-electron chi connectivity index (χ1n) is 11.6. The molecule has 1 atom stereocenters. The highest BCUT2D eigenvalue weighted by molar-refractivity contribution is 7.95. The van der Waals surface area contributed by atoms with Gasteiger partial charge in [-0.3, -0.25) is 0 Å². The van der Waals surface area contributed by atoms with Crippen molar-refractivity contribution in [2.24, 2.45) is 5.92 Å². The SMILES string of the molecule is CC1CC=C(S(=O)(=O)c2ccc(Oc3ccc(Oc4ccc(OC(C)C)cc4)cc3)cc2)CC1. The molecule has 6 heteroatoms. The molecule has 1 aliphatic carbocycles. The van der Waals surface area contributed by atoms with E-state index < -0.39 is 9.84 Å². The van der Waals surface area contributed by atoms with Crippen LogP contribution >= 0.6 is 0 Å². The highest BCUT2D eigenvalue weighted by Gasteiger charge is 2.23. The summed E-state index contributed by atoms with van der Waals surface area (Å²) >= 11 is 0. The molecular formula is C28H30O5S. The third kappa shape index (κ3) is 6.00. The van der Waals surface area contributed by atoms with Crippen LogP contribution in [0.25, 0.3) is 0 Å². The van der Waals surface area contributed by atoms with Gasteiger partial charge >= 0.3 is 0 Å². The molecule has 34 heavy (non-hydrogen) atoms. The fourth-order valence-electron chi connectivity index (χ4n) is 3.73. The largest absolute Gasteiger partial charge is 0.491 e. The molecule has 0 fully saturated rings. The van der Waals surface area contributed by atoms with Gasteiger partial charge < -0.3 is 14.2 Å². The van der Waals surface area contributed by atoms with E-state index in [0.717, 1.165) is 18.6 Å². The Kier molecular flexibility index (Phi) is 7.27. The zero-order valence-electron chi connectivity index (χ0n) is 19.7. The van der Waals surface area contributed by atoms with Crippen molar-refractivity contribution in [2.45, 2.75) is 51.0 Å². The average Bonchev–Trinajstić information content (AvgIpc) is 2.82. The van der Waals surface area contributed by atoms with E-state index in [1.54, 1.807) is 24.3 Å². The van der Waals surface area contributed by atoms with Gasteiger partial charge in [0.1, 0.15) is 28.7 Å². The van der Waals surface area contributed by atoms with Gasteiger partial charge in [0.05, 0.1) is 11.0 Å². The highest BCUT2D eigenvalue weighted by Crippen LogP contribution is 2.32. The molecule has 1 aliphatic rings. The van der Waals surface area contributed by atoms with Gasteiger partial charge in [-0.25, -0.2) is 8.42 Å². The van der Waals surface area contributed by atoms with Gasteiger partial charge in [-0.15, -0.1) is 0 Å². The van der Waals surface area contributed by atoms with Crippen LogP contribution in [0.1, 0.15) is 40.0 Å². The molecule has 0 amide bonds. The van der Waals surface area contributed by atoms with Crippen molar-refractivity contribution in [3.63, 3.8) is 0 Å². The van der Waals surface area contributed by atoms with Gasteiger partial charge in [-0.05, 0) is 112 Å². The van der Waals surface area contributed by atoms with E-state index in [1.807, 2.05) is 68.5 Å². The minimum atomic E-state index is -3.44. The number of rotatable bonds is 8. The maximum atomic E-state index is 12.9. The molecule has 4 rings (SSSR count). The van der Waals surface area contributed by atoms with Gasteiger partial charge in [0, 0.05) is 4.91 Å². The topological polar surface area (TPSA) is 61.8 Å². The minimum Gasteiger partial charge on any atom is -0.491 e. The Morgan fingerprint density at radius 1 is 0.735 bits per heavy atom. The molecule has 0 radical (unpaired) electrons. The van der Waals surface area contributed by atoms with Gasteiger partial charge in [0.15, 0.2) is 0 Å². The summed E-state index contributed by atoms with van der Waals surface area (Å²) in [6.07, 6.45) is 4.31. The maximum absolute atomic E-state index is 12.9. The molecule has 0 saturated heterocycles. The first-order valence-corrected chi connectivity index (χ1v) is 13.0. The fourth-order valence-corrected chi connectivity index (χ4v) is 5.23. The molecule has 3 aromatic rings. The summed E-state index contributed by atoms with van der Waals surface area (Å²) < 4.78 is 43.2. The van der Waals surface area contributed by atoms with E-state index in [4.69, 9.17) is 14.2 Å². The smallest absolute Gasteiger partial charge is 0.202 e. The summed E-state index contributed by atoms with van der Waals surface area (Å²) in [5.41, 5.74) is 0. The van der Waals surface area contributed by atoms with Crippen molar-refractivity contribution in [3.05, 3.63) is 83.8 Å². The summed E-state index contributed by atoms with van der Waals surface area (Å²) in [5, 5.41) is 0. The van der Waals surface area contributed by atoms with Crippen LogP contribution in [0, 0.1) is 5.92 Å². The van der Waals surface area contributed by atoms with E-state index in [0.29, 0.717) is 45.1 Å².